The number of nitro benzene ring substituents is 1. The van der Waals surface area contributed by atoms with E-state index in [9.17, 15) is 14.9 Å². The Morgan fingerprint density at radius 1 is 1.28 bits per heavy atom. The number of benzene rings is 2. The fraction of sp³-hybridized carbons (Fsp3) is 0.100. The Kier molecular flexibility index (Phi) is 4.70. The minimum atomic E-state index is -0.445. The first-order valence-electron chi connectivity index (χ1n) is 8.66. The summed E-state index contributed by atoms with van der Waals surface area (Å²) in [5, 5.41) is 14.5. The van der Waals surface area contributed by atoms with E-state index in [1.54, 1.807) is 30.5 Å². The number of aromatic nitrogens is 2. The first-order valence-corrected chi connectivity index (χ1v) is 8.66. The van der Waals surface area contributed by atoms with Crippen LogP contribution in [0.1, 0.15) is 5.56 Å². The van der Waals surface area contributed by atoms with Crippen molar-refractivity contribution in [2.45, 2.75) is 6.54 Å². The van der Waals surface area contributed by atoms with Crippen LogP contribution in [-0.4, -0.2) is 22.0 Å². The van der Waals surface area contributed by atoms with Gasteiger partial charge in [-0.25, -0.2) is 4.98 Å². The molecule has 2 heterocycles. The van der Waals surface area contributed by atoms with E-state index in [2.05, 4.69) is 15.3 Å². The fourth-order valence-corrected chi connectivity index (χ4v) is 3.06. The van der Waals surface area contributed by atoms with Crippen molar-refractivity contribution in [2.75, 3.05) is 12.4 Å². The number of hydrogen-bond donors (Lipinski definition) is 2. The predicted octanol–water partition coefficient (Wildman–Crippen LogP) is 3.71. The lowest BCUT2D eigenvalue weighted by Crippen LogP contribution is -2.08. The van der Waals surface area contributed by atoms with E-state index in [0.29, 0.717) is 40.3 Å². The van der Waals surface area contributed by atoms with Crippen LogP contribution in [-0.2, 0) is 6.54 Å². The van der Waals surface area contributed by atoms with Crippen LogP contribution in [0, 0.1) is 10.1 Å². The second kappa shape index (κ2) is 7.47. The number of pyridine rings is 1. The first kappa shape index (κ1) is 18.2. The Hall–Kier alpha value is -4.14. The Balaban J connectivity index is 1.67. The van der Waals surface area contributed by atoms with Gasteiger partial charge in [-0.15, -0.1) is 0 Å². The van der Waals surface area contributed by atoms with Gasteiger partial charge in [-0.3, -0.25) is 14.9 Å². The lowest BCUT2D eigenvalue weighted by atomic mass is 10.1. The van der Waals surface area contributed by atoms with E-state index in [1.807, 2.05) is 0 Å². The summed E-state index contributed by atoms with van der Waals surface area (Å²) in [6.45, 7) is 0.316. The number of oxazole rings is 1. The summed E-state index contributed by atoms with van der Waals surface area (Å²) < 4.78 is 10.8. The van der Waals surface area contributed by atoms with Gasteiger partial charge < -0.3 is 19.5 Å². The van der Waals surface area contributed by atoms with Crippen molar-refractivity contribution in [3.05, 3.63) is 81.0 Å². The zero-order chi connectivity index (χ0) is 20.4. The molecule has 2 aromatic carbocycles. The number of methoxy groups -OCH3 is 1. The zero-order valence-electron chi connectivity index (χ0n) is 15.3. The fourth-order valence-electron chi connectivity index (χ4n) is 3.06. The van der Waals surface area contributed by atoms with Crippen LogP contribution in [0.4, 0.5) is 11.5 Å². The third-order valence-electron chi connectivity index (χ3n) is 4.45. The lowest BCUT2D eigenvalue weighted by Gasteiger charge is -2.11. The van der Waals surface area contributed by atoms with Gasteiger partial charge in [-0.2, -0.15) is 0 Å². The predicted molar refractivity (Wildman–Crippen MR) is 107 cm³/mol. The molecule has 0 amide bonds. The van der Waals surface area contributed by atoms with Gasteiger partial charge in [-0.05, 0) is 11.6 Å². The first-order chi connectivity index (χ1) is 14.0. The highest BCUT2D eigenvalue weighted by molar-refractivity contribution is 5.88. The molecule has 2 N–H and O–H groups in total. The second-order valence-corrected chi connectivity index (χ2v) is 6.29. The molecule has 0 saturated carbocycles. The monoisotopic (exact) mass is 392 g/mol. The number of fused-ring (bicyclic) bond motifs is 1. The molecule has 2 aromatic heterocycles. The topological polar surface area (TPSA) is 123 Å². The molecule has 0 bridgehead atoms. The molecule has 29 heavy (non-hydrogen) atoms. The quantitative estimate of drug-likeness (QED) is 0.379. The van der Waals surface area contributed by atoms with Crippen LogP contribution in [0.5, 0.6) is 5.75 Å². The van der Waals surface area contributed by atoms with Crippen LogP contribution in [0.3, 0.4) is 0 Å². The number of nitrogens with one attached hydrogen (secondary N) is 2. The lowest BCUT2D eigenvalue weighted by molar-refractivity contribution is -0.384. The van der Waals surface area contributed by atoms with Crippen molar-refractivity contribution < 1.29 is 14.1 Å². The average Bonchev–Trinajstić information content (AvgIpc) is 3.26. The van der Waals surface area contributed by atoms with Crippen molar-refractivity contribution >= 4 is 22.4 Å². The van der Waals surface area contributed by atoms with Gasteiger partial charge in [-0.1, -0.05) is 12.1 Å². The minimum absolute atomic E-state index is 0.0148. The van der Waals surface area contributed by atoms with Gasteiger partial charge in [0.25, 0.3) is 5.69 Å². The van der Waals surface area contributed by atoms with Gasteiger partial charge in [0.2, 0.25) is 0 Å². The molecule has 9 heteroatoms. The van der Waals surface area contributed by atoms with Crippen LogP contribution in [0.15, 0.2) is 64.3 Å². The number of non-ortho nitro benzene ring substituents is 1. The molecule has 4 rings (SSSR count). The maximum Gasteiger partial charge on any atom is 0.269 e. The molecule has 146 valence electrons. The van der Waals surface area contributed by atoms with Crippen molar-refractivity contribution in [1.29, 1.82) is 0 Å². The van der Waals surface area contributed by atoms with Crippen molar-refractivity contribution in [2.24, 2.45) is 0 Å². The second-order valence-electron chi connectivity index (χ2n) is 6.29. The van der Waals surface area contributed by atoms with E-state index in [4.69, 9.17) is 9.15 Å². The van der Waals surface area contributed by atoms with Crippen LogP contribution in [0.2, 0.25) is 0 Å². The Morgan fingerprint density at radius 3 is 2.86 bits per heavy atom. The highest BCUT2D eigenvalue weighted by atomic mass is 16.6. The van der Waals surface area contributed by atoms with Crippen LogP contribution in [0.25, 0.3) is 22.2 Å². The van der Waals surface area contributed by atoms with Gasteiger partial charge in [0, 0.05) is 36.2 Å². The molecule has 4 aromatic rings. The summed E-state index contributed by atoms with van der Waals surface area (Å²) in [6.07, 6.45) is 2.86. The van der Waals surface area contributed by atoms with E-state index in [-0.39, 0.29) is 11.1 Å². The summed E-state index contributed by atoms with van der Waals surface area (Å²) in [7, 11) is 1.53. The number of hydrogen-bond acceptors (Lipinski definition) is 7. The Bertz CT molecular complexity index is 1250. The van der Waals surface area contributed by atoms with Crippen LogP contribution < -0.4 is 15.5 Å². The van der Waals surface area contributed by atoms with Gasteiger partial charge in [0.1, 0.15) is 11.6 Å². The maximum atomic E-state index is 12.6. The van der Waals surface area contributed by atoms with Crippen LogP contribution >= 0.6 is 0 Å². The molecule has 0 aliphatic rings. The third kappa shape index (κ3) is 3.65. The standard InChI is InChI=1S/C20H16N4O5/c1-28-18-7-16-14(6-15(18)19-10-21-11-29-19)17(25)8-20(23-16)22-9-12-3-2-4-13(5-12)24(26)27/h2-8,10-11H,9H2,1H3,(H2,22,23,25). The number of nitro groups is 1. The van der Waals surface area contributed by atoms with E-state index in [0.717, 1.165) is 5.56 Å². The van der Waals surface area contributed by atoms with Crippen molar-refractivity contribution in [3.8, 4) is 17.1 Å². The highest BCUT2D eigenvalue weighted by Gasteiger charge is 2.13. The molecule has 0 unspecified atom stereocenters. The smallest absolute Gasteiger partial charge is 0.269 e. The summed E-state index contributed by atoms with van der Waals surface area (Å²) in [6, 6.07) is 11.2. The largest absolute Gasteiger partial charge is 0.496 e. The highest BCUT2D eigenvalue weighted by Crippen LogP contribution is 2.32. The number of aromatic amines is 1. The Morgan fingerprint density at radius 2 is 2.14 bits per heavy atom. The molecule has 0 aliphatic carbocycles. The van der Waals surface area contributed by atoms with E-state index in [1.165, 1.54) is 31.7 Å². The van der Waals surface area contributed by atoms with Gasteiger partial charge in [0.15, 0.2) is 17.6 Å². The molecule has 0 saturated heterocycles. The summed E-state index contributed by atoms with van der Waals surface area (Å²) in [5.74, 6) is 1.51. The third-order valence-corrected chi connectivity index (χ3v) is 4.45. The zero-order valence-corrected chi connectivity index (χ0v) is 15.3. The summed E-state index contributed by atoms with van der Waals surface area (Å²) in [5.41, 5.74) is 1.75. The summed E-state index contributed by atoms with van der Waals surface area (Å²) in [4.78, 5) is 30.2. The normalized spacial score (nSPS) is 10.8. The number of rotatable bonds is 6. The van der Waals surface area contributed by atoms with E-state index < -0.39 is 4.92 Å². The molecule has 0 fully saturated rings. The number of H-pyrrole nitrogens is 1. The Labute approximate surface area is 164 Å². The van der Waals surface area contributed by atoms with Gasteiger partial charge in [0.05, 0.1) is 29.3 Å². The summed E-state index contributed by atoms with van der Waals surface area (Å²) >= 11 is 0. The number of anilines is 1. The maximum absolute atomic E-state index is 12.6. The van der Waals surface area contributed by atoms with E-state index >= 15 is 0 Å². The molecule has 0 atom stereocenters. The van der Waals surface area contributed by atoms with Crippen molar-refractivity contribution in [1.82, 2.24) is 9.97 Å². The molecule has 9 nitrogen and oxygen atoms in total. The average molecular weight is 392 g/mol. The van der Waals surface area contributed by atoms with Gasteiger partial charge >= 0.3 is 0 Å². The number of ether oxygens (including phenoxy) is 1. The van der Waals surface area contributed by atoms with Crippen molar-refractivity contribution in [3.63, 3.8) is 0 Å². The molecule has 0 aliphatic heterocycles. The minimum Gasteiger partial charge on any atom is -0.496 e. The molecule has 0 spiro atoms. The molecular formula is C20H16N4O5. The number of nitrogens with zero attached hydrogens (tertiary/aromatic N) is 2. The molecule has 0 radical (unpaired) electrons. The molecular weight excluding hydrogens is 376 g/mol. The SMILES string of the molecule is COc1cc2[nH]c(NCc3cccc([N+](=O)[O-])c3)cc(=O)c2cc1-c1cnco1.